The normalized spacial score (nSPS) is 17.5. The average Bonchev–Trinajstić information content (AvgIpc) is 3.55. The first-order chi connectivity index (χ1) is 17.6. The molecule has 0 radical (unpaired) electrons. The number of carboxylic acid groups (broad SMARTS) is 1. The Hall–Kier alpha value is -3.33. The summed E-state index contributed by atoms with van der Waals surface area (Å²) in [6.07, 6.45) is 6.81. The molecule has 10 N–H and O–H groups in total. The Kier molecular flexibility index (Phi) is 12.2. The van der Waals surface area contributed by atoms with E-state index in [4.69, 9.17) is 17.2 Å². The van der Waals surface area contributed by atoms with Crippen LogP contribution in [0.3, 0.4) is 0 Å². The molecule has 15 heteroatoms. The lowest BCUT2D eigenvalue weighted by atomic mass is 10.1. The number of likely N-dealkylation sites (tertiary alicyclic amines) is 1. The molecule has 1 aromatic heterocycles. The highest BCUT2D eigenvalue weighted by atomic mass is 32.2. The van der Waals surface area contributed by atoms with Crippen LogP contribution in [-0.2, 0) is 25.6 Å². The fraction of sp³-hybridized carbons (Fsp3) is 0.636. The van der Waals surface area contributed by atoms with Crippen LogP contribution in [0, 0.1) is 0 Å². The summed E-state index contributed by atoms with van der Waals surface area (Å²) in [4.78, 5) is 63.1. The first-order valence-electron chi connectivity index (χ1n) is 12.0. The van der Waals surface area contributed by atoms with Crippen LogP contribution in [0.1, 0.15) is 37.8 Å². The number of imidazole rings is 1. The molecule has 0 saturated carbocycles. The second-order valence-electron chi connectivity index (χ2n) is 8.77. The standard InChI is InChI=1S/C22H37N9O5S/c1-37-9-6-14(23)18(32)30-16(10-13-11-26-12-28-13)19(33)29-15(4-2-7-27-22(24)25)20(34)31-8-3-5-17(31)21(35)36/h11-12,14-17H,2-10,23H2,1H3,(H,26,28)(H,29,33)(H,30,32)(H,35,36)(H4,24,25,27). The van der Waals surface area contributed by atoms with Gasteiger partial charge in [0.1, 0.15) is 18.1 Å². The van der Waals surface area contributed by atoms with E-state index in [0.717, 1.165) is 0 Å². The number of carbonyl (C=O) groups excluding carboxylic acids is 3. The highest BCUT2D eigenvalue weighted by Gasteiger charge is 2.38. The molecule has 0 spiro atoms. The number of aliphatic carboxylic acids is 1. The number of hydrogen-bond acceptors (Lipinski definition) is 8. The van der Waals surface area contributed by atoms with Gasteiger partial charge in [-0.05, 0) is 44.1 Å². The Balaban J connectivity index is 2.20. The minimum absolute atomic E-state index is 0.0865. The Morgan fingerprint density at radius 3 is 2.59 bits per heavy atom. The van der Waals surface area contributed by atoms with Crippen molar-refractivity contribution in [3.63, 3.8) is 0 Å². The predicted molar refractivity (Wildman–Crippen MR) is 139 cm³/mol. The summed E-state index contributed by atoms with van der Waals surface area (Å²) in [6, 6.07) is -3.84. The van der Waals surface area contributed by atoms with Crippen molar-refractivity contribution in [3.05, 3.63) is 18.2 Å². The third kappa shape index (κ3) is 9.57. The van der Waals surface area contributed by atoms with Gasteiger partial charge in [0.15, 0.2) is 5.96 Å². The summed E-state index contributed by atoms with van der Waals surface area (Å²) in [5.41, 5.74) is 17.3. The number of hydrogen-bond donors (Lipinski definition) is 7. The fourth-order valence-electron chi connectivity index (χ4n) is 4.00. The fourth-order valence-corrected chi connectivity index (χ4v) is 4.49. The first kappa shape index (κ1) is 29.9. The van der Waals surface area contributed by atoms with E-state index in [1.807, 2.05) is 6.26 Å². The van der Waals surface area contributed by atoms with Crippen LogP contribution in [0.25, 0.3) is 0 Å². The van der Waals surface area contributed by atoms with Gasteiger partial charge in [-0.15, -0.1) is 0 Å². The van der Waals surface area contributed by atoms with Crippen molar-refractivity contribution in [2.45, 2.75) is 62.7 Å². The molecule has 14 nitrogen and oxygen atoms in total. The molecule has 0 bridgehead atoms. The number of carboxylic acids is 1. The maximum absolute atomic E-state index is 13.4. The Morgan fingerprint density at radius 1 is 1.24 bits per heavy atom. The number of nitrogens with one attached hydrogen (secondary N) is 3. The van der Waals surface area contributed by atoms with Crippen molar-refractivity contribution in [2.75, 3.05) is 25.1 Å². The Bertz CT molecular complexity index is 939. The molecule has 1 saturated heterocycles. The largest absolute Gasteiger partial charge is 0.480 e. The summed E-state index contributed by atoms with van der Waals surface area (Å²) >= 11 is 1.55. The third-order valence-electron chi connectivity index (χ3n) is 5.96. The molecule has 1 aliphatic rings. The number of aromatic nitrogens is 2. The van der Waals surface area contributed by atoms with Crippen molar-refractivity contribution < 1.29 is 24.3 Å². The Morgan fingerprint density at radius 2 is 1.97 bits per heavy atom. The van der Waals surface area contributed by atoms with Gasteiger partial charge in [-0.2, -0.15) is 11.8 Å². The number of nitrogens with zero attached hydrogens (tertiary/aromatic N) is 3. The van der Waals surface area contributed by atoms with E-state index in [9.17, 15) is 24.3 Å². The SMILES string of the molecule is CSCCC(N)C(=O)NC(Cc1cnc[nH]1)C(=O)NC(CCCN=C(N)N)C(=O)N1CCCC1C(=O)O. The maximum atomic E-state index is 13.4. The molecule has 4 unspecified atom stereocenters. The lowest BCUT2D eigenvalue weighted by Gasteiger charge is -2.29. The molecule has 37 heavy (non-hydrogen) atoms. The minimum Gasteiger partial charge on any atom is -0.480 e. The molecule has 0 aliphatic carbocycles. The molecular formula is C22H37N9O5S. The van der Waals surface area contributed by atoms with Crippen LogP contribution in [0.5, 0.6) is 0 Å². The molecule has 2 rings (SSSR count). The number of carbonyl (C=O) groups is 4. The summed E-state index contributed by atoms with van der Waals surface area (Å²) in [7, 11) is 0. The number of thioether (sulfide) groups is 1. The number of rotatable bonds is 15. The molecule has 1 aliphatic heterocycles. The van der Waals surface area contributed by atoms with E-state index in [-0.39, 0.29) is 31.9 Å². The molecule has 206 valence electrons. The monoisotopic (exact) mass is 539 g/mol. The van der Waals surface area contributed by atoms with Gasteiger partial charge in [-0.1, -0.05) is 0 Å². The second kappa shape index (κ2) is 15.0. The molecule has 4 atom stereocenters. The van der Waals surface area contributed by atoms with Gasteiger partial charge in [0.2, 0.25) is 17.7 Å². The van der Waals surface area contributed by atoms with Crippen LogP contribution < -0.4 is 27.8 Å². The van der Waals surface area contributed by atoms with Gasteiger partial charge in [-0.25, -0.2) is 9.78 Å². The smallest absolute Gasteiger partial charge is 0.326 e. The summed E-state index contributed by atoms with van der Waals surface area (Å²) in [6.45, 7) is 0.498. The second-order valence-corrected chi connectivity index (χ2v) is 9.75. The van der Waals surface area contributed by atoms with Crippen molar-refractivity contribution in [3.8, 4) is 0 Å². The van der Waals surface area contributed by atoms with E-state index in [0.29, 0.717) is 37.1 Å². The van der Waals surface area contributed by atoms with Crippen molar-refractivity contribution in [2.24, 2.45) is 22.2 Å². The first-order valence-corrected chi connectivity index (χ1v) is 13.4. The van der Waals surface area contributed by atoms with Gasteiger partial charge >= 0.3 is 5.97 Å². The molecule has 3 amide bonds. The lowest BCUT2D eigenvalue weighted by Crippen LogP contribution is -2.57. The number of aliphatic imine (C=N–C) groups is 1. The molecule has 1 fully saturated rings. The summed E-state index contributed by atoms with van der Waals surface area (Å²) < 4.78 is 0. The van der Waals surface area contributed by atoms with Crippen LogP contribution in [-0.4, -0.2) is 98.9 Å². The number of H-pyrrole nitrogens is 1. The number of nitrogens with two attached hydrogens (primary N) is 3. The van der Waals surface area contributed by atoms with E-state index < -0.39 is 47.9 Å². The van der Waals surface area contributed by atoms with Crippen LogP contribution in [0.2, 0.25) is 0 Å². The van der Waals surface area contributed by atoms with E-state index in [1.165, 1.54) is 17.4 Å². The van der Waals surface area contributed by atoms with Gasteiger partial charge in [0.25, 0.3) is 0 Å². The van der Waals surface area contributed by atoms with Gasteiger partial charge in [0, 0.05) is 31.4 Å². The topological polar surface area (TPSA) is 235 Å². The van der Waals surface area contributed by atoms with Crippen molar-refractivity contribution in [1.29, 1.82) is 0 Å². The Labute approximate surface area is 219 Å². The van der Waals surface area contributed by atoms with Crippen LogP contribution >= 0.6 is 11.8 Å². The van der Waals surface area contributed by atoms with E-state index >= 15 is 0 Å². The zero-order chi connectivity index (χ0) is 27.4. The van der Waals surface area contributed by atoms with Crippen molar-refractivity contribution in [1.82, 2.24) is 25.5 Å². The minimum atomic E-state index is -1.10. The zero-order valence-electron chi connectivity index (χ0n) is 20.9. The molecule has 2 heterocycles. The van der Waals surface area contributed by atoms with Gasteiger partial charge in [0.05, 0.1) is 12.4 Å². The number of guanidine groups is 1. The van der Waals surface area contributed by atoms with Crippen LogP contribution in [0.15, 0.2) is 17.5 Å². The quantitative estimate of drug-likeness (QED) is 0.0744. The highest BCUT2D eigenvalue weighted by molar-refractivity contribution is 7.98. The van der Waals surface area contributed by atoms with Crippen LogP contribution in [0.4, 0.5) is 0 Å². The summed E-state index contributed by atoms with van der Waals surface area (Å²) in [5.74, 6) is -2.12. The van der Waals surface area contributed by atoms with Gasteiger partial charge in [-0.3, -0.25) is 19.4 Å². The predicted octanol–water partition coefficient (Wildman–Crippen LogP) is -1.87. The lowest BCUT2D eigenvalue weighted by molar-refractivity contribution is -0.149. The molecule has 1 aromatic rings. The summed E-state index contributed by atoms with van der Waals surface area (Å²) in [5, 5.41) is 14.9. The maximum Gasteiger partial charge on any atom is 0.326 e. The number of aromatic amines is 1. The third-order valence-corrected chi connectivity index (χ3v) is 6.61. The average molecular weight is 540 g/mol. The highest BCUT2D eigenvalue weighted by Crippen LogP contribution is 2.20. The van der Waals surface area contributed by atoms with Gasteiger partial charge < -0.3 is 42.8 Å². The number of amides is 3. The van der Waals surface area contributed by atoms with E-state index in [1.54, 1.807) is 11.8 Å². The molecule has 0 aromatic carbocycles. The molecular weight excluding hydrogens is 502 g/mol. The van der Waals surface area contributed by atoms with Crippen molar-refractivity contribution >= 4 is 41.4 Å². The van der Waals surface area contributed by atoms with E-state index in [2.05, 4.69) is 25.6 Å². The zero-order valence-corrected chi connectivity index (χ0v) is 21.7.